The van der Waals surface area contributed by atoms with Gasteiger partial charge in [0, 0.05) is 25.1 Å². The van der Waals surface area contributed by atoms with Gasteiger partial charge >= 0.3 is 0 Å². The molecule has 1 saturated carbocycles. The van der Waals surface area contributed by atoms with Crippen molar-refractivity contribution in [1.82, 2.24) is 5.32 Å². The quantitative estimate of drug-likeness (QED) is 0.672. The molecule has 102 valence electrons. The Morgan fingerprint density at radius 2 is 2.24 bits per heavy atom. The number of hydrogen-bond donors (Lipinski definition) is 3. The largest absolute Gasteiger partial charge is 0.396 e. The van der Waals surface area contributed by atoms with Crippen molar-refractivity contribution in [2.45, 2.75) is 45.1 Å². The molecule has 0 bridgehead atoms. The lowest BCUT2D eigenvalue weighted by Gasteiger charge is -2.16. The Morgan fingerprint density at radius 1 is 1.53 bits per heavy atom. The Labute approximate surface area is 110 Å². The summed E-state index contributed by atoms with van der Waals surface area (Å²) >= 11 is 0. The summed E-state index contributed by atoms with van der Waals surface area (Å²) in [6.07, 6.45) is 4.46. The molecule has 3 atom stereocenters. The molecule has 0 radical (unpaired) electrons. The van der Waals surface area contributed by atoms with Crippen LogP contribution in [0.2, 0.25) is 0 Å². The maximum atomic E-state index is 11.8. The molecule has 5 heteroatoms. The molecule has 1 fully saturated rings. The van der Waals surface area contributed by atoms with Crippen LogP contribution in [-0.4, -0.2) is 30.2 Å². The summed E-state index contributed by atoms with van der Waals surface area (Å²) in [7, 11) is 0. The lowest BCUT2D eigenvalue weighted by atomic mass is 10.0. The number of amides is 1. The summed E-state index contributed by atoms with van der Waals surface area (Å²) in [5.74, 6) is 0.648. The van der Waals surface area contributed by atoms with E-state index in [9.17, 15) is 4.79 Å². The fraction of sp³-hybridized carbons (Fsp3) is 0.917. The molecule has 0 heterocycles. The van der Waals surface area contributed by atoms with Gasteiger partial charge in [0.05, 0.1) is 0 Å². The number of halogens is 1. The van der Waals surface area contributed by atoms with Gasteiger partial charge in [-0.2, -0.15) is 0 Å². The van der Waals surface area contributed by atoms with Crippen molar-refractivity contribution in [3.05, 3.63) is 0 Å². The molecular formula is C12H25ClN2O2. The Bertz CT molecular complexity index is 227. The van der Waals surface area contributed by atoms with E-state index in [0.29, 0.717) is 12.5 Å². The van der Waals surface area contributed by atoms with Crippen molar-refractivity contribution in [1.29, 1.82) is 0 Å². The zero-order valence-electron chi connectivity index (χ0n) is 10.5. The van der Waals surface area contributed by atoms with Gasteiger partial charge in [0.2, 0.25) is 5.91 Å². The van der Waals surface area contributed by atoms with Gasteiger partial charge in [-0.25, -0.2) is 0 Å². The second kappa shape index (κ2) is 8.72. The number of nitrogens with two attached hydrogens (primary N) is 1. The van der Waals surface area contributed by atoms with Crippen molar-refractivity contribution in [3.63, 3.8) is 0 Å². The summed E-state index contributed by atoms with van der Waals surface area (Å²) < 4.78 is 0. The topological polar surface area (TPSA) is 75.3 Å². The van der Waals surface area contributed by atoms with Crippen LogP contribution in [0.4, 0.5) is 0 Å². The van der Waals surface area contributed by atoms with E-state index in [4.69, 9.17) is 10.8 Å². The van der Waals surface area contributed by atoms with Crippen molar-refractivity contribution in [2.75, 3.05) is 13.2 Å². The minimum atomic E-state index is 0. The zero-order chi connectivity index (χ0) is 12.0. The van der Waals surface area contributed by atoms with Gasteiger partial charge in [0.1, 0.15) is 0 Å². The molecule has 0 aromatic carbocycles. The van der Waals surface area contributed by atoms with Gasteiger partial charge in [-0.15, -0.1) is 12.4 Å². The molecule has 4 N–H and O–H groups in total. The predicted octanol–water partition coefficient (Wildman–Crippen LogP) is 1.06. The fourth-order valence-corrected chi connectivity index (χ4v) is 2.28. The van der Waals surface area contributed by atoms with Crippen LogP contribution in [0.15, 0.2) is 0 Å². The zero-order valence-corrected chi connectivity index (χ0v) is 11.3. The third-order valence-electron chi connectivity index (χ3n) is 3.52. The average Bonchev–Trinajstić information content (AvgIpc) is 2.70. The highest BCUT2D eigenvalue weighted by atomic mass is 35.5. The number of carbonyl (C=O) groups excluding carboxylic acids is 1. The van der Waals surface area contributed by atoms with E-state index >= 15 is 0 Å². The minimum Gasteiger partial charge on any atom is -0.396 e. The maximum Gasteiger partial charge on any atom is 0.223 e. The van der Waals surface area contributed by atoms with Gasteiger partial charge in [-0.1, -0.05) is 13.3 Å². The van der Waals surface area contributed by atoms with E-state index in [1.165, 1.54) is 0 Å². The van der Waals surface area contributed by atoms with Crippen molar-refractivity contribution < 1.29 is 9.90 Å². The van der Waals surface area contributed by atoms with Crippen molar-refractivity contribution >= 4 is 18.3 Å². The molecule has 1 rings (SSSR count). The number of hydrogen-bond acceptors (Lipinski definition) is 3. The SMILES string of the molecule is CCC(CCO)CNC(=O)C1CCC(N)C1.Cl. The molecule has 17 heavy (non-hydrogen) atoms. The second-order valence-corrected chi connectivity index (χ2v) is 4.80. The van der Waals surface area contributed by atoms with Gasteiger partial charge < -0.3 is 16.2 Å². The van der Waals surface area contributed by atoms with Crippen LogP contribution in [0, 0.1) is 11.8 Å². The number of carbonyl (C=O) groups is 1. The second-order valence-electron chi connectivity index (χ2n) is 4.80. The normalized spacial score (nSPS) is 25.1. The summed E-state index contributed by atoms with van der Waals surface area (Å²) in [6, 6.07) is 0.204. The third-order valence-corrected chi connectivity index (χ3v) is 3.52. The summed E-state index contributed by atoms with van der Waals surface area (Å²) in [4.78, 5) is 11.8. The van der Waals surface area contributed by atoms with Crippen LogP contribution in [0.3, 0.4) is 0 Å². The molecule has 1 aliphatic carbocycles. The van der Waals surface area contributed by atoms with Gasteiger partial charge in [-0.3, -0.25) is 4.79 Å². The lowest BCUT2D eigenvalue weighted by molar-refractivity contribution is -0.125. The van der Waals surface area contributed by atoms with Crippen LogP contribution in [-0.2, 0) is 4.79 Å². The number of aliphatic hydroxyl groups excluding tert-OH is 1. The van der Waals surface area contributed by atoms with Crippen LogP contribution < -0.4 is 11.1 Å². The Kier molecular flexibility index (Phi) is 8.56. The fourth-order valence-electron chi connectivity index (χ4n) is 2.28. The van der Waals surface area contributed by atoms with Crippen LogP contribution in [0.25, 0.3) is 0 Å². The van der Waals surface area contributed by atoms with Gasteiger partial charge in [0.15, 0.2) is 0 Å². The third kappa shape index (κ3) is 5.70. The number of rotatable bonds is 6. The first-order valence-electron chi connectivity index (χ1n) is 6.31. The van der Waals surface area contributed by atoms with Gasteiger partial charge in [0.25, 0.3) is 0 Å². The molecule has 0 aliphatic heterocycles. The monoisotopic (exact) mass is 264 g/mol. The molecular weight excluding hydrogens is 240 g/mol. The first-order chi connectivity index (χ1) is 7.67. The Hall–Kier alpha value is -0.320. The Morgan fingerprint density at radius 3 is 2.71 bits per heavy atom. The van der Waals surface area contributed by atoms with E-state index in [2.05, 4.69) is 12.2 Å². The predicted molar refractivity (Wildman–Crippen MR) is 71.1 cm³/mol. The highest BCUT2D eigenvalue weighted by Crippen LogP contribution is 2.24. The first kappa shape index (κ1) is 16.7. The van der Waals surface area contributed by atoms with Crippen molar-refractivity contribution in [3.8, 4) is 0 Å². The van der Waals surface area contributed by atoms with E-state index in [0.717, 1.165) is 32.1 Å². The smallest absolute Gasteiger partial charge is 0.223 e. The molecule has 0 saturated heterocycles. The molecule has 4 nitrogen and oxygen atoms in total. The standard InChI is InChI=1S/C12H24N2O2.ClH/c1-2-9(5-6-15)8-14-12(16)10-3-4-11(13)7-10;/h9-11,15H,2-8,13H2,1H3,(H,14,16);1H. The maximum absolute atomic E-state index is 11.8. The van der Waals surface area contributed by atoms with Crippen molar-refractivity contribution in [2.24, 2.45) is 17.6 Å². The first-order valence-corrected chi connectivity index (χ1v) is 6.31. The van der Waals surface area contributed by atoms with E-state index < -0.39 is 0 Å². The highest BCUT2D eigenvalue weighted by Gasteiger charge is 2.27. The van der Waals surface area contributed by atoms with E-state index in [-0.39, 0.29) is 36.9 Å². The van der Waals surface area contributed by atoms with Crippen LogP contribution in [0.1, 0.15) is 39.0 Å². The molecule has 0 aromatic rings. The summed E-state index contributed by atoms with van der Waals surface area (Å²) in [5.41, 5.74) is 5.78. The minimum absolute atomic E-state index is 0. The Balaban J connectivity index is 0.00000256. The highest BCUT2D eigenvalue weighted by molar-refractivity contribution is 5.85. The number of nitrogens with one attached hydrogen (secondary N) is 1. The van der Waals surface area contributed by atoms with Crippen LogP contribution >= 0.6 is 12.4 Å². The van der Waals surface area contributed by atoms with Crippen LogP contribution in [0.5, 0.6) is 0 Å². The van der Waals surface area contributed by atoms with E-state index in [1.807, 2.05) is 0 Å². The summed E-state index contributed by atoms with van der Waals surface area (Å²) in [6.45, 7) is 2.96. The van der Waals surface area contributed by atoms with Gasteiger partial charge in [-0.05, 0) is 31.6 Å². The molecule has 0 aromatic heterocycles. The molecule has 1 amide bonds. The summed E-state index contributed by atoms with van der Waals surface area (Å²) in [5, 5.41) is 11.8. The molecule has 0 spiro atoms. The molecule has 1 aliphatic rings. The van der Waals surface area contributed by atoms with E-state index in [1.54, 1.807) is 0 Å². The lowest BCUT2D eigenvalue weighted by Crippen LogP contribution is -2.34. The molecule has 3 unspecified atom stereocenters. The average molecular weight is 265 g/mol. The number of aliphatic hydroxyl groups is 1.